The molecule has 1 atom stereocenters. The number of aromatic nitrogens is 3. The smallest absolute Gasteiger partial charge is 0.330 e. The second-order valence-electron chi connectivity index (χ2n) is 7.69. The maximum Gasteiger partial charge on any atom is 0.330 e. The molecule has 1 amide bonds. The molecule has 0 aliphatic heterocycles. The molecule has 0 aliphatic carbocycles. The number of nitrogens with one attached hydrogen (secondary N) is 1. The van der Waals surface area contributed by atoms with Gasteiger partial charge in [-0.15, -0.1) is 10.2 Å². The molecule has 0 fully saturated rings. The van der Waals surface area contributed by atoms with E-state index in [0.29, 0.717) is 12.4 Å². The van der Waals surface area contributed by atoms with Crippen molar-refractivity contribution in [1.82, 2.24) is 20.1 Å². The first-order chi connectivity index (χ1) is 15.6. The molecule has 0 bridgehead atoms. The average Bonchev–Trinajstić information content (AvgIpc) is 3.15. The van der Waals surface area contributed by atoms with Crippen molar-refractivity contribution in [3.05, 3.63) is 41.7 Å². The lowest BCUT2D eigenvalue weighted by molar-refractivity contribution is -0.150. The molecule has 0 spiro atoms. The van der Waals surface area contributed by atoms with Crippen molar-refractivity contribution in [1.29, 1.82) is 0 Å². The highest BCUT2D eigenvalue weighted by atomic mass is 32.2. The van der Waals surface area contributed by atoms with Gasteiger partial charge in [0.1, 0.15) is 6.04 Å². The minimum Gasteiger partial charge on any atom is -0.468 e. The first-order valence-corrected chi connectivity index (χ1v) is 10.9. The number of hydrogen-bond acceptors (Lipinski definition) is 10. The molecular formula is C21H29N5O6S. The third-order valence-corrected chi connectivity index (χ3v) is 5.71. The molecule has 0 radical (unpaired) electrons. The third-order valence-electron chi connectivity index (χ3n) is 4.52. The summed E-state index contributed by atoms with van der Waals surface area (Å²) in [5.74, 6) is -1.61. The van der Waals surface area contributed by atoms with Gasteiger partial charge in [0.25, 0.3) is 0 Å². The lowest BCUT2D eigenvalue weighted by Gasteiger charge is -2.24. The predicted molar refractivity (Wildman–Crippen MR) is 120 cm³/mol. The number of nitrogens with two attached hydrogens (primary N) is 1. The Hall–Kier alpha value is -2.96. The van der Waals surface area contributed by atoms with Crippen LogP contribution < -0.4 is 11.1 Å². The van der Waals surface area contributed by atoms with Crippen LogP contribution in [0.15, 0.2) is 35.5 Å². The van der Waals surface area contributed by atoms with Gasteiger partial charge in [0.05, 0.1) is 33.0 Å². The van der Waals surface area contributed by atoms with Gasteiger partial charge in [-0.3, -0.25) is 14.4 Å². The minimum absolute atomic E-state index is 0.0881. The molecule has 2 rings (SSSR count). The Morgan fingerprint density at radius 1 is 1.12 bits per heavy atom. The molecule has 180 valence electrons. The van der Waals surface area contributed by atoms with Crippen LogP contribution in [0.1, 0.15) is 31.3 Å². The zero-order chi connectivity index (χ0) is 24.6. The summed E-state index contributed by atoms with van der Waals surface area (Å²) in [7, 11) is 3.99. The third kappa shape index (κ3) is 7.27. The highest BCUT2D eigenvalue weighted by Crippen LogP contribution is 2.26. The fourth-order valence-electron chi connectivity index (χ4n) is 2.64. The number of carbonyl (C=O) groups is 3. The first kappa shape index (κ1) is 26.3. The van der Waals surface area contributed by atoms with Crippen molar-refractivity contribution in [3.63, 3.8) is 0 Å². The molecular weight excluding hydrogens is 450 g/mol. The second-order valence-corrected chi connectivity index (χ2v) is 8.76. The fraction of sp³-hybridized carbons (Fsp3) is 0.476. The molecule has 1 aromatic carbocycles. The van der Waals surface area contributed by atoms with Crippen LogP contribution in [-0.4, -0.2) is 64.2 Å². The molecule has 1 heterocycles. The molecule has 0 unspecified atom stereocenters. The molecule has 33 heavy (non-hydrogen) atoms. The van der Waals surface area contributed by atoms with Gasteiger partial charge in [0.15, 0.2) is 11.0 Å². The Labute approximate surface area is 196 Å². The van der Waals surface area contributed by atoms with Gasteiger partial charge in [-0.1, -0.05) is 42.1 Å². The van der Waals surface area contributed by atoms with Gasteiger partial charge < -0.3 is 29.8 Å². The van der Waals surface area contributed by atoms with Gasteiger partial charge in [0.2, 0.25) is 11.2 Å². The predicted octanol–water partition coefficient (Wildman–Crippen LogP) is 0.733. The summed E-state index contributed by atoms with van der Waals surface area (Å²) in [6.07, 6.45) is 0. The molecule has 11 nitrogen and oxygen atoms in total. The van der Waals surface area contributed by atoms with E-state index in [2.05, 4.69) is 25.0 Å². The van der Waals surface area contributed by atoms with E-state index < -0.39 is 34.7 Å². The van der Waals surface area contributed by atoms with Gasteiger partial charge in [-0.25, -0.2) is 0 Å². The highest BCUT2D eigenvalue weighted by Gasteiger charge is 2.33. The SMILES string of the molecule is COC(=O)C(Sc1nnc([C@@H](COCc2ccccc2)NC(=O)C(C)(C)N)n1C)C(=O)OC. The standard InChI is InChI=1S/C21H29N5O6S/c1-21(2,22)19(29)23-14(12-32-11-13-9-7-6-8-10-13)16-24-25-20(26(16)3)33-15(17(27)30-4)18(28)31-5/h6-10,14-15H,11-12,22H2,1-5H3,(H,23,29)/t14-/m1/s1. The Bertz CT molecular complexity index is 944. The van der Waals surface area contributed by atoms with Crippen molar-refractivity contribution in [2.75, 3.05) is 20.8 Å². The van der Waals surface area contributed by atoms with E-state index in [1.165, 1.54) is 14.2 Å². The van der Waals surface area contributed by atoms with Crippen molar-refractivity contribution >= 4 is 29.6 Å². The number of rotatable bonds is 11. The van der Waals surface area contributed by atoms with Gasteiger partial charge in [-0.2, -0.15) is 0 Å². The summed E-state index contributed by atoms with van der Waals surface area (Å²) < 4.78 is 16.7. The van der Waals surface area contributed by atoms with Crippen LogP contribution in [0.3, 0.4) is 0 Å². The first-order valence-electron chi connectivity index (χ1n) is 10.0. The largest absolute Gasteiger partial charge is 0.468 e. The molecule has 0 saturated heterocycles. The Kier molecular flexibility index (Phi) is 9.38. The molecule has 1 aromatic heterocycles. The van der Waals surface area contributed by atoms with Gasteiger partial charge in [0, 0.05) is 7.05 Å². The summed E-state index contributed by atoms with van der Waals surface area (Å²) in [4.78, 5) is 36.6. The Morgan fingerprint density at radius 3 is 2.27 bits per heavy atom. The molecule has 3 N–H and O–H groups in total. The maximum atomic E-state index is 12.6. The van der Waals surface area contributed by atoms with E-state index in [1.54, 1.807) is 25.5 Å². The van der Waals surface area contributed by atoms with Gasteiger partial charge in [-0.05, 0) is 19.4 Å². The topological polar surface area (TPSA) is 148 Å². The lowest BCUT2D eigenvalue weighted by Crippen LogP contribution is -2.51. The van der Waals surface area contributed by atoms with Crippen LogP contribution in [0.5, 0.6) is 0 Å². The van der Waals surface area contributed by atoms with E-state index in [4.69, 9.17) is 10.5 Å². The monoisotopic (exact) mass is 479 g/mol. The normalized spacial score (nSPS) is 12.3. The number of methoxy groups -OCH3 is 2. The van der Waals surface area contributed by atoms with Crippen LogP contribution in [0, 0.1) is 0 Å². The summed E-state index contributed by atoms with van der Waals surface area (Å²) >= 11 is 0.826. The molecule has 12 heteroatoms. The zero-order valence-electron chi connectivity index (χ0n) is 19.2. The zero-order valence-corrected chi connectivity index (χ0v) is 20.0. The number of hydrogen-bond donors (Lipinski definition) is 2. The number of ether oxygens (including phenoxy) is 3. The van der Waals surface area contributed by atoms with E-state index in [9.17, 15) is 14.4 Å². The Morgan fingerprint density at radius 2 is 1.73 bits per heavy atom. The number of amides is 1. The number of thioether (sulfide) groups is 1. The summed E-state index contributed by atoms with van der Waals surface area (Å²) in [6.45, 7) is 3.58. The van der Waals surface area contributed by atoms with E-state index in [0.717, 1.165) is 17.3 Å². The van der Waals surface area contributed by atoms with Crippen molar-refractivity contribution in [2.24, 2.45) is 12.8 Å². The fourth-order valence-corrected chi connectivity index (χ4v) is 3.57. The highest BCUT2D eigenvalue weighted by molar-refractivity contribution is 8.01. The number of nitrogens with zero attached hydrogens (tertiary/aromatic N) is 3. The van der Waals surface area contributed by atoms with Crippen LogP contribution >= 0.6 is 11.8 Å². The van der Waals surface area contributed by atoms with E-state index in [1.807, 2.05) is 30.3 Å². The Balaban J connectivity index is 2.24. The van der Waals surface area contributed by atoms with E-state index in [-0.39, 0.29) is 11.8 Å². The van der Waals surface area contributed by atoms with Crippen LogP contribution in [0.2, 0.25) is 0 Å². The lowest BCUT2D eigenvalue weighted by atomic mass is 10.1. The minimum atomic E-state index is -1.28. The van der Waals surface area contributed by atoms with Crippen molar-refractivity contribution in [2.45, 2.75) is 42.4 Å². The summed E-state index contributed by atoms with van der Waals surface area (Å²) in [5.41, 5.74) is 5.77. The summed E-state index contributed by atoms with van der Waals surface area (Å²) in [6, 6.07) is 8.87. The van der Waals surface area contributed by atoms with Crippen LogP contribution in [0.4, 0.5) is 0 Å². The molecule has 0 aliphatic rings. The van der Waals surface area contributed by atoms with Crippen LogP contribution in [0.25, 0.3) is 0 Å². The van der Waals surface area contributed by atoms with Crippen molar-refractivity contribution in [3.8, 4) is 0 Å². The maximum absolute atomic E-state index is 12.6. The number of carbonyl (C=O) groups excluding carboxylic acids is 3. The molecule has 2 aromatic rings. The second kappa shape index (κ2) is 11.8. The average molecular weight is 480 g/mol. The van der Waals surface area contributed by atoms with Gasteiger partial charge >= 0.3 is 11.9 Å². The molecule has 0 saturated carbocycles. The summed E-state index contributed by atoms with van der Waals surface area (Å²) in [5, 5.41) is 10.0. The number of esters is 2. The number of benzene rings is 1. The van der Waals surface area contributed by atoms with Crippen LogP contribution in [-0.2, 0) is 42.2 Å². The van der Waals surface area contributed by atoms with E-state index >= 15 is 0 Å². The quantitative estimate of drug-likeness (QED) is 0.268. The van der Waals surface area contributed by atoms with Crippen molar-refractivity contribution < 1.29 is 28.6 Å².